The predicted molar refractivity (Wildman–Crippen MR) is 267 cm³/mol. The van der Waals surface area contributed by atoms with Crippen molar-refractivity contribution in [3.8, 4) is 44.5 Å². The summed E-state index contributed by atoms with van der Waals surface area (Å²) in [6.07, 6.45) is 0. The van der Waals surface area contributed by atoms with Gasteiger partial charge in [-0.1, -0.05) is 231 Å². The number of fused-ring (bicyclic) bond motifs is 6. The number of nitrogens with zero attached hydrogens (tertiary/aromatic N) is 1. The van der Waals surface area contributed by atoms with Gasteiger partial charge in [-0.25, -0.2) is 0 Å². The summed E-state index contributed by atoms with van der Waals surface area (Å²) in [7, 11) is 0. The molecule has 2 aliphatic carbocycles. The molecule has 10 aromatic rings. The Balaban J connectivity index is 1.15. The minimum atomic E-state index is -0.541. The molecule has 1 atom stereocenters. The van der Waals surface area contributed by atoms with Crippen molar-refractivity contribution in [2.24, 2.45) is 0 Å². The lowest BCUT2D eigenvalue weighted by molar-refractivity contribution is 0.714. The topological polar surface area (TPSA) is 3.24 Å². The smallest absolute Gasteiger partial charge is 0.0714 e. The first-order chi connectivity index (χ1) is 31.7. The highest BCUT2D eigenvalue weighted by molar-refractivity contribution is 6.01. The van der Waals surface area contributed by atoms with Crippen LogP contribution in [0.2, 0.25) is 0 Å². The van der Waals surface area contributed by atoms with Gasteiger partial charge in [-0.15, -0.1) is 0 Å². The highest BCUT2D eigenvalue weighted by Gasteiger charge is 2.47. The van der Waals surface area contributed by atoms with Gasteiger partial charge in [0.05, 0.1) is 16.8 Å². The zero-order chi connectivity index (χ0) is 42.7. The molecule has 0 saturated heterocycles. The second kappa shape index (κ2) is 15.1. The van der Waals surface area contributed by atoms with E-state index in [1.807, 2.05) is 0 Å². The molecule has 64 heavy (non-hydrogen) atoms. The Bertz CT molecular complexity index is 3300. The van der Waals surface area contributed by atoms with E-state index in [2.05, 4.69) is 267 Å². The Morgan fingerprint density at radius 1 is 0.297 bits per heavy atom. The molecule has 0 heterocycles. The molecule has 0 aromatic heterocycles. The summed E-state index contributed by atoms with van der Waals surface area (Å²) in [5, 5.41) is 0. The molecule has 0 bridgehead atoms. The van der Waals surface area contributed by atoms with Gasteiger partial charge in [0.1, 0.15) is 0 Å². The van der Waals surface area contributed by atoms with Gasteiger partial charge in [-0.05, 0) is 104 Å². The standard InChI is InChI=1S/C63H45N/c1-62(45-25-8-3-9-26-45)55-36-18-15-34-54(55)61-53(35-22-38-57(61)62)52-33-17-21-40-60(52)64(59-39-20-16-31-49(59)44-23-6-2-7-24-44)48-41-42-51-50-32-14-19-37-56(50)63(58(51)43-48,46-27-10-4-11-28-46)47-29-12-5-13-30-47/h2-43H,1H3. The Kier molecular flexibility index (Phi) is 8.91. The highest BCUT2D eigenvalue weighted by Crippen LogP contribution is 2.59. The van der Waals surface area contributed by atoms with Gasteiger partial charge in [0, 0.05) is 22.2 Å². The molecule has 1 unspecified atom stereocenters. The van der Waals surface area contributed by atoms with E-state index in [-0.39, 0.29) is 5.41 Å². The summed E-state index contributed by atoms with van der Waals surface area (Å²) >= 11 is 0. The molecule has 2 aliphatic rings. The van der Waals surface area contributed by atoms with E-state index in [0.29, 0.717) is 0 Å². The fraction of sp³-hybridized carbons (Fsp3) is 0.0476. The SMILES string of the molecule is CC1(c2ccccc2)c2ccccc2-c2c(-c3ccccc3N(c3ccc4c(c3)C(c3ccccc3)(c3ccccc3)c3ccccc3-4)c3ccccc3-c3ccccc3)cccc21. The van der Waals surface area contributed by atoms with Crippen molar-refractivity contribution in [2.45, 2.75) is 17.8 Å². The fourth-order valence-corrected chi connectivity index (χ4v) is 11.3. The van der Waals surface area contributed by atoms with Crippen molar-refractivity contribution in [3.05, 3.63) is 294 Å². The average molecular weight is 816 g/mol. The normalized spacial score (nSPS) is 15.1. The molecule has 0 fully saturated rings. The summed E-state index contributed by atoms with van der Waals surface area (Å²) in [4.78, 5) is 2.53. The first-order valence-electron chi connectivity index (χ1n) is 22.4. The van der Waals surface area contributed by atoms with E-state index in [4.69, 9.17) is 0 Å². The third-order valence-electron chi connectivity index (χ3n) is 14.1. The van der Waals surface area contributed by atoms with Crippen LogP contribution in [-0.4, -0.2) is 0 Å². The number of benzene rings is 10. The Morgan fingerprint density at radius 2 is 0.750 bits per heavy atom. The van der Waals surface area contributed by atoms with E-state index in [0.717, 1.165) is 17.1 Å². The molecule has 0 N–H and O–H groups in total. The van der Waals surface area contributed by atoms with Gasteiger partial charge in [-0.3, -0.25) is 0 Å². The first-order valence-corrected chi connectivity index (χ1v) is 22.4. The van der Waals surface area contributed by atoms with Crippen LogP contribution in [0, 0.1) is 0 Å². The molecule has 302 valence electrons. The van der Waals surface area contributed by atoms with Crippen LogP contribution in [0.1, 0.15) is 45.9 Å². The molecule has 10 aromatic carbocycles. The molecule has 1 heteroatoms. The monoisotopic (exact) mass is 815 g/mol. The third-order valence-corrected chi connectivity index (χ3v) is 14.1. The number of para-hydroxylation sites is 2. The molecule has 0 radical (unpaired) electrons. The number of anilines is 3. The Labute approximate surface area is 376 Å². The van der Waals surface area contributed by atoms with Crippen molar-refractivity contribution < 1.29 is 0 Å². The second-order valence-electron chi connectivity index (χ2n) is 17.3. The van der Waals surface area contributed by atoms with E-state index in [9.17, 15) is 0 Å². The average Bonchev–Trinajstić information content (AvgIpc) is 3.82. The van der Waals surface area contributed by atoms with Gasteiger partial charge >= 0.3 is 0 Å². The second-order valence-corrected chi connectivity index (χ2v) is 17.3. The van der Waals surface area contributed by atoms with Gasteiger partial charge in [0.2, 0.25) is 0 Å². The maximum Gasteiger partial charge on any atom is 0.0714 e. The summed E-state index contributed by atoms with van der Waals surface area (Å²) < 4.78 is 0. The lowest BCUT2D eigenvalue weighted by Gasteiger charge is -2.35. The quantitative estimate of drug-likeness (QED) is 0.148. The van der Waals surface area contributed by atoms with Crippen LogP contribution >= 0.6 is 0 Å². The van der Waals surface area contributed by atoms with E-state index in [1.54, 1.807) is 0 Å². The molecule has 0 spiro atoms. The summed E-state index contributed by atoms with van der Waals surface area (Å²) in [6, 6.07) is 94.2. The predicted octanol–water partition coefficient (Wildman–Crippen LogP) is 16.2. The first kappa shape index (κ1) is 37.7. The van der Waals surface area contributed by atoms with Crippen LogP contribution < -0.4 is 4.90 Å². The van der Waals surface area contributed by atoms with E-state index in [1.165, 1.54) is 83.5 Å². The van der Waals surface area contributed by atoms with Crippen molar-refractivity contribution in [1.82, 2.24) is 0 Å². The van der Waals surface area contributed by atoms with Crippen LogP contribution in [0.15, 0.2) is 255 Å². The van der Waals surface area contributed by atoms with Crippen molar-refractivity contribution in [3.63, 3.8) is 0 Å². The molecule has 0 aliphatic heterocycles. The minimum absolute atomic E-state index is 0.315. The maximum absolute atomic E-state index is 2.53. The maximum atomic E-state index is 2.53. The highest BCUT2D eigenvalue weighted by atomic mass is 15.1. The van der Waals surface area contributed by atoms with Crippen LogP contribution in [0.5, 0.6) is 0 Å². The van der Waals surface area contributed by atoms with Gasteiger partial charge in [0.15, 0.2) is 0 Å². The van der Waals surface area contributed by atoms with Gasteiger partial charge in [-0.2, -0.15) is 0 Å². The zero-order valence-electron chi connectivity index (χ0n) is 35.7. The minimum Gasteiger partial charge on any atom is -0.309 e. The molecule has 12 rings (SSSR count). The van der Waals surface area contributed by atoms with Crippen molar-refractivity contribution in [1.29, 1.82) is 0 Å². The molecule has 0 saturated carbocycles. The Morgan fingerprint density at radius 3 is 1.41 bits per heavy atom. The number of hydrogen-bond acceptors (Lipinski definition) is 1. The molecular formula is C63H45N. The molecular weight excluding hydrogens is 771 g/mol. The fourth-order valence-electron chi connectivity index (χ4n) is 11.3. The lowest BCUT2D eigenvalue weighted by Crippen LogP contribution is -2.28. The van der Waals surface area contributed by atoms with Crippen LogP contribution in [0.3, 0.4) is 0 Å². The van der Waals surface area contributed by atoms with Crippen molar-refractivity contribution in [2.75, 3.05) is 4.90 Å². The lowest BCUT2D eigenvalue weighted by atomic mass is 9.67. The van der Waals surface area contributed by atoms with E-state index >= 15 is 0 Å². The third kappa shape index (κ3) is 5.57. The van der Waals surface area contributed by atoms with Crippen LogP contribution in [0.25, 0.3) is 44.5 Å². The van der Waals surface area contributed by atoms with Gasteiger partial charge < -0.3 is 4.90 Å². The number of rotatable bonds is 8. The van der Waals surface area contributed by atoms with Crippen LogP contribution in [-0.2, 0) is 10.8 Å². The van der Waals surface area contributed by atoms with Crippen molar-refractivity contribution >= 4 is 17.1 Å². The Hall–Kier alpha value is -8.00. The molecule has 0 amide bonds. The van der Waals surface area contributed by atoms with E-state index < -0.39 is 5.41 Å². The number of hydrogen-bond donors (Lipinski definition) is 0. The summed E-state index contributed by atoms with van der Waals surface area (Å²) in [6.45, 7) is 2.40. The molecule has 1 nitrogen and oxygen atoms in total. The van der Waals surface area contributed by atoms with Crippen LogP contribution in [0.4, 0.5) is 17.1 Å². The largest absolute Gasteiger partial charge is 0.309 e. The summed E-state index contributed by atoms with van der Waals surface area (Å²) in [5.74, 6) is 0. The van der Waals surface area contributed by atoms with Gasteiger partial charge in [0.25, 0.3) is 0 Å². The summed E-state index contributed by atoms with van der Waals surface area (Å²) in [5.41, 5.74) is 21.4. The zero-order valence-corrected chi connectivity index (χ0v) is 35.7.